The lowest BCUT2D eigenvalue weighted by atomic mass is 10.1. The van der Waals surface area contributed by atoms with E-state index < -0.39 is 17.4 Å². The van der Waals surface area contributed by atoms with E-state index in [1.54, 1.807) is 36.4 Å². The number of carboxylic acids is 1. The van der Waals surface area contributed by atoms with Gasteiger partial charge in [-0.1, -0.05) is 42.5 Å². The van der Waals surface area contributed by atoms with Crippen LogP contribution in [0.4, 0.5) is 11.4 Å². The van der Waals surface area contributed by atoms with Gasteiger partial charge in [0.15, 0.2) is 5.69 Å². The van der Waals surface area contributed by atoms with Crippen molar-refractivity contribution < 1.29 is 15.0 Å². The van der Waals surface area contributed by atoms with Crippen molar-refractivity contribution in [3.8, 4) is 11.9 Å². The van der Waals surface area contributed by atoms with Crippen LogP contribution >= 0.6 is 0 Å². The third-order valence-corrected chi connectivity index (χ3v) is 4.34. The molecule has 2 aromatic carbocycles. The van der Waals surface area contributed by atoms with Crippen molar-refractivity contribution in [2.45, 2.75) is 13.5 Å². The summed E-state index contributed by atoms with van der Waals surface area (Å²) in [6.07, 6.45) is 0. The molecular formula is C21H16N4O4. The highest BCUT2D eigenvalue weighted by Crippen LogP contribution is 2.28. The summed E-state index contributed by atoms with van der Waals surface area (Å²) in [5.41, 5.74) is 0.0290. The summed E-state index contributed by atoms with van der Waals surface area (Å²) >= 11 is 0. The second-order valence-corrected chi connectivity index (χ2v) is 6.18. The quantitative estimate of drug-likeness (QED) is 0.641. The lowest BCUT2D eigenvalue weighted by Gasteiger charge is -2.13. The van der Waals surface area contributed by atoms with Crippen LogP contribution in [-0.2, 0) is 6.54 Å². The normalized spacial score (nSPS) is 10.8. The fraction of sp³-hybridized carbons (Fsp3) is 0.0952. The highest BCUT2D eigenvalue weighted by atomic mass is 16.4. The standard InChI is InChI=1S/C21H16N4O4/c1-13-16(11-22)19(26)25(12-14-7-3-2-4-8-14)20(27)18(13)24-23-17-10-6-5-9-15(17)21(28)29/h2-10,26H,12H2,1H3,(H,28,29). The summed E-state index contributed by atoms with van der Waals surface area (Å²) in [6, 6.07) is 16.8. The molecule has 0 unspecified atom stereocenters. The molecule has 0 saturated heterocycles. The Hall–Kier alpha value is -4.25. The van der Waals surface area contributed by atoms with Gasteiger partial charge in [-0.2, -0.15) is 5.26 Å². The lowest BCUT2D eigenvalue weighted by Crippen LogP contribution is -2.22. The zero-order valence-electron chi connectivity index (χ0n) is 15.4. The Kier molecular flexibility index (Phi) is 5.51. The first-order chi connectivity index (χ1) is 13.9. The highest BCUT2D eigenvalue weighted by molar-refractivity contribution is 5.93. The van der Waals surface area contributed by atoms with Gasteiger partial charge in [-0.3, -0.25) is 9.36 Å². The van der Waals surface area contributed by atoms with Gasteiger partial charge in [-0.05, 0) is 24.6 Å². The molecule has 0 fully saturated rings. The van der Waals surface area contributed by atoms with E-state index in [0.29, 0.717) is 0 Å². The molecule has 2 N–H and O–H groups in total. The smallest absolute Gasteiger partial charge is 0.337 e. The molecule has 8 nitrogen and oxygen atoms in total. The number of aromatic carboxylic acids is 1. The van der Waals surface area contributed by atoms with Gasteiger partial charge in [-0.15, -0.1) is 10.2 Å². The van der Waals surface area contributed by atoms with Gasteiger partial charge in [0.1, 0.15) is 17.3 Å². The average Bonchev–Trinajstić information content (AvgIpc) is 2.72. The molecule has 0 aliphatic carbocycles. The first-order valence-corrected chi connectivity index (χ1v) is 8.58. The van der Waals surface area contributed by atoms with Gasteiger partial charge in [0.05, 0.1) is 12.1 Å². The first kappa shape index (κ1) is 19.5. The molecule has 144 valence electrons. The van der Waals surface area contributed by atoms with Crippen LogP contribution < -0.4 is 5.56 Å². The van der Waals surface area contributed by atoms with E-state index >= 15 is 0 Å². The van der Waals surface area contributed by atoms with E-state index in [1.807, 2.05) is 12.1 Å². The van der Waals surface area contributed by atoms with Gasteiger partial charge in [-0.25, -0.2) is 4.79 Å². The monoisotopic (exact) mass is 388 g/mol. The Bertz CT molecular complexity index is 1210. The van der Waals surface area contributed by atoms with Crippen LogP contribution in [-0.4, -0.2) is 20.7 Å². The van der Waals surface area contributed by atoms with Crippen molar-refractivity contribution in [3.63, 3.8) is 0 Å². The fourth-order valence-electron chi connectivity index (χ4n) is 2.82. The van der Waals surface area contributed by atoms with Crippen molar-refractivity contribution >= 4 is 17.3 Å². The summed E-state index contributed by atoms with van der Waals surface area (Å²) in [5, 5.41) is 37.0. The molecule has 0 aliphatic heterocycles. The highest BCUT2D eigenvalue weighted by Gasteiger charge is 2.19. The minimum absolute atomic E-state index is 0.0364. The number of hydrogen-bond acceptors (Lipinski definition) is 6. The summed E-state index contributed by atoms with van der Waals surface area (Å²) < 4.78 is 1.04. The van der Waals surface area contributed by atoms with Crippen molar-refractivity contribution in [3.05, 3.63) is 87.2 Å². The van der Waals surface area contributed by atoms with Crippen molar-refractivity contribution in [2.75, 3.05) is 0 Å². The van der Waals surface area contributed by atoms with Gasteiger partial charge in [0.2, 0.25) is 5.88 Å². The molecule has 3 aromatic rings. The van der Waals surface area contributed by atoms with E-state index in [-0.39, 0.29) is 34.6 Å². The number of azo groups is 1. The number of pyridine rings is 1. The van der Waals surface area contributed by atoms with E-state index in [1.165, 1.54) is 19.1 Å². The Balaban J connectivity index is 2.15. The average molecular weight is 388 g/mol. The Morgan fingerprint density at radius 1 is 1.10 bits per heavy atom. The molecular weight excluding hydrogens is 372 g/mol. The number of benzene rings is 2. The zero-order valence-corrected chi connectivity index (χ0v) is 15.4. The van der Waals surface area contributed by atoms with Crippen molar-refractivity contribution in [1.82, 2.24) is 4.57 Å². The number of nitriles is 1. The van der Waals surface area contributed by atoms with Crippen LogP contribution in [0, 0.1) is 18.3 Å². The van der Waals surface area contributed by atoms with E-state index in [9.17, 15) is 25.1 Å². The lowest BCUT2D eigenvalue weighted by molar-refractivity contribution is 0.0697. The second kappa shape index (κ2) is 8.19. The van der Waals surface area contributed by atoms with Crippen molar-refractivity contribution in [1.29, 1.82) is 5.26 Å². The molecule has 0 spiro atoms. The molecule has 0 bridgehead atoms. The number of aromatic nitrogens is 1. The Morgan fingerprint density at radius 2 is 1.76 bits per heavy atom. The van der Waals surface area contributed by atoms with Crippen LogP contribution in [0.1, 0.15) is 27.0 Å². The molecule has 0 atom stereocenters. The van der Waals surface area contributed by atoms with E-state index in [0.717, 1.165) is 10.1 Å². The summed E-state index contributed by atoms with van der Waals surface area (Å²) in [5.74, 6) is -1.63. The molecule has 0 aliphatic rings. The third kappa shape index (κ3) is 3.89. The number of rotatable bonds is 5. The maximum atomic E-state index is 12.9. The van der Waals surface area contributed by atoms with Crippen LogP contribution in [0.25, 0.3) is 0 Å². The van der Waals surface area contributed by atoms with Gasteiger partial charge < -0.3 is 10.2 Å². The summed E-state index contributed by atoms with van der Waals surface area (Å²) in [6.45, 7) is 1.51. The molecule has 8 heteroatoms. The number of carbonyl (C=O) groups is 1. The number of aromatic hydroxyl groups is 1. The SMILES string of the molecule is Cc1c(C#N)c(O)n(Cc2ccccc2)c(=O)c1N=Nc1ccccc1C(=O)O. The molecule has 0 saturated carbocycles. The molecule has 0 radical (unpaired) electrons. The Morgan fingerprint density at radius 3 is 2.41 bits per heavy atom. The van der Waals surface area contributed by atoms with Gasteiger partial charge >= 0.3 is 5.97 Å². The van der Waals surface area contributed by atoms with Crippen molar-refractivity contribution in [2.24, 2.45) is 10.2 Å². The summed E-state index contributed by atoms with van der Waals surface area (Å²) in [4.78, 5) is 24.3. The van der Waals surface area contributed by atoms with Crippen LogP contribution in [0.5, 0.6) is 5.88 Å². The molecule has 1 aromatic heterocycles. The van der Waals surface area contributed by atoms with Gasteiger partial charge in [0.25, 0.3) is 5.56 Å². The number of hydrogen-bond donors (Lipinski definition) is 2. The predicted octanol–water partition coefficient (Wildman–Crippen LogP) is 3.90. The first-order valence-electron chi connectivity index (χ1n) is 8.58. The van der Waals surface area contributed by atoms with E-state index in [2.05, 4.69) is 10.2 Å². The Labute approximate surface area is 165 Å². The maximum absolute atomic E-state index is 12.9. The van der Waals surface area contributed by atoms with Crippen LogP contribution in [0.15, 0.2) is 69.6 Å². The predicted molar refractivity (Wildman–Crippen MR) is 105 cm³/mol. The molecule has 3 rings (SSSR count). The molecule has 29 heavy (non-hydrogen) atoms. The van der Waals surface area contributed by atoms with Crippen LogP contribution in [0.2, 0.25) is 0 Å². The topological polar surface area (TPSA) is 128 Å². The second-order valence-electron chi connectivity index (χ2n) is 6.18. The largest absolute Gasteiger partial charge is 0.493 e. The minimum Gasteiger partial charge on any atom is -0.493 e. The zero-order chi connectivity index (χ0) is 21.0. The fourth-order valence-corrected chi connectivity index (χ4v) is 2.82. The van der Waals surface area contributed by atoms with Crippen LogP contribution in [0.3, 0.4) is 0 Å². The molecule has 1 heterocycles. The van der Waals surface area contributed by atoms with Gasteiger partial charge in [0, 0.05) is 5.56 Å². The number of carboxylic acid groups (broad SMARTS) is 1. The third-order valence-electron chi connectivity index (χ3n) is 4.34. The summed E-state index contributed by atoms with van der Waals surface area (Å²) in [7, 11) is 0. The van der Waals surface area contributed by atoms with E-state index in [4.69, 9.17) is 0 Å². The maximum Gasteiger partial charge on any atom is 0.337 e. The minimum atomic E-state index is -1.18. The molecule has 0 amide bonds. The number of nitrogens with zero attached hydrogens (tertiary/aromatic N) is 4.